The third-order valence-corrected chi connectivity index (χ3v) is 3.79. The Morgan fingerprint density at radius 1 is 1.15 bits per heavy atom. The third-order valence-electron chi connectivity index (χ3n) is 3.79. The predicted octanol–water partition coefficient (Wildman–Crippen LogP) is 2.98. The van der Waals surface area contributed by atoms with Gasteiger partial charge < -0.3 is 5.32 Å². The highest BCUT2D eigenvalue weighted by Crippen LogP contribution is 2.26. The third kappa shape index (κ3) is 3.76. The first-order chi connectivity index (χ1) is 9.70. The zero-order valence-electron chi connectivity index (χ0n) is 11.4. The molecule has 1 fully saturated rings. The van der Waals surface area contributed by atoms with Gasteiger partial charge in [0.1, 0.15) is 0 Å². The van der Waals surface area contributed by atoms with E-state index in [1.807, 2.05) is 0 Å². The first kappa shape index (κ1) is 14.4. The van der Waals surface area contributed by atoms with Gasteiger partial charge in [-0.15, -0.1) is 0 Å². The van der Waals surface area contributed by atoms with Crippen LogP contribution in [0.15, 0.2) is 24.3 Å². The molecule has 0 atom stereocenters. The van der Waals surface area contributed by atoms with Crippen molar-refractivity contribution in [3.05, 3.63) is 29.8 Å². The average molecular weight is 273 g/mol. The molecule has 1 aliphatic rings. The number of hydrogen-bond acceptors (Lipinski definition) is 3. The van der Waals surface area contributed by atoms with Gasteiger partial charge in [-0.05, 0) is 18.1 Å². The number of ketones is 1. The molecule has 0 aromatic heterocycles. The van der Waals surface area contributed by atoms with Crippen molar-refractivity contribution in [1.29, 1.82) is 0 Å². The number of benzene rings is 1. The molecule has 0 unspecified atom stereocenters. The summed E-state index contributed by atoms with van der Waals surface area (Å²) in [5.41, 5.74) is 0.774. The molecular formula is C16H19NO3. The van der Waals surface area contributed by atoms with Crippen molar-refractivity contribution in [3.8, 4) is 0 Å². The van der Waals surface area contributed by atoms with E-state index < -0.39 is 11.7 Å². The van der Waals surface area contributed by atoms with Crippen LogP contribution in [0.1, 0.15) is 48.9 Å². The van der Waals surface area contributed by atoms with Crippen molar-refractivity contribution in [1.82, 2.24) is 0 Å². The van der Waals surface area contributed by atoms with E-state index in [9.17, 15) is 14.4 Å². The van der Waals surface area contributed by atoms with Gasteiger partial charge in [-0.1, -0.05) is 44.2 Å². The number of hydrogen-bond donors (Lipinski definition) is 1. The summed E-state index contributed by atoms with van der Waals surface area (Å²) in [5, 5.41) is 2.53. The molecule has 1 aromatic rings. The molecule has 1 N–H and O–H groups in total. The second kappa shape index (κ2) is 6.98. The standard InChI is InChI=1S/C16H19NO3/c18-11-13-8-4-5-9-14(13)17-16(20)15(19)10-12-6-2-1-3-7-12/h4-5,8-9,11-12H,1-3,6-7,10H2,(H,17,20). The van der Waals surface area contributed by atoms with Crippen LogP contribution in [0.3, 0.4) is 0 Å². The van der Waals surface area contributed by atoms with Gasteiger partial charge in [-0.25, -0.2) is 0 Å². The predicted molar refractivity (Wildman–Crippen MR) is 76.7 cm³/mol. The SMILES string of the molecule is O=Cc1ccccc1NC(=O)C(=O)CC1CCCCC1. The Morgan fingerprint density at radius 2 is 1.85 bits per heavy atom. The minimum Gasteiger partial charge on any atom is -0.319 e. The fraction of sp³-hybridized carbons (Fsp3) is 0.438. The molecule has 0 saturated heterocycles. The Kier molecular flexibility index (Phi) is 5.04. The molecular weight excluding hydrogens is 254 g/mol. The van der Waals surface area contributed by atoms with Crippen LogP contribution < -0.4 is 5.32 Å². The molecule has 1 aromatic carbocycles. The van der Waals surface area contributed by atoms with Gasteiger partial charge >= 0.3 is 0 Å². The fourth-order valence-electron chi connectivity index (χ4n) is 2.65. The number of carbonyl (C=O) groups excluding carboxylic acids is 3. The quantitative estimate of drug-likeness (QED) is 0.662. The zero-order valence-corrected chi connectivity index (χ0v) is 11.4. The number of aldehydes is 1. The van der Waals surface area contributed by atoms with Gasteiger partial charge in [0.25, 0.3) is 5.91 Å². The minimum absolute atomic E-state index is 0.315. The number of amides is 1. The number of carbonyl (C=O) groups is 3. The van der Waals surface area contributed by atoms with Crippen LogP contribution in [0, 0.1) is 5.92 Å². The van der Waals surface area contributed by atoms with E-state index in [2.05, 4.69) is 5.32 Å². The lowest BCUT2D eigenvalue weighted by atomic mass is 9.86. The summed E-state index contributed by atoms with van der Waals surface area (Å²) in [6.07, 6.45) is 6.56. The second-order valence-electron chi connectivity index (χ2n) is 5.29. The van der Waals surface area contributed by atoms with Crippen molar-refractivity contribution in [2.75, 3.05) is 5.32 Å². The summed E-state index contributed by atoms with van der Waals surface area (Å²) >= 11 is 0. The highest BCUT2D eigenvalue weighted by Gasteiger charge is 2.22. The maximum atomic E-state index is 11.9. The van der Waals surface area contributed by atoms with Gasteiger partial charge in [0.05, 0.1) is 5.69 Å². The monoisotopic (exact) mass is 273 g/mol. The first-order valence-electron chi connectivity index (χ1n) is 7.09. The summed E-state index contributed by atoms with van der Waals surface area (Å²) in [4.78, 5) is 34.7. The summed E-state index contributed by atoms with van der Waals surface area (Å²) < 4.78 is 0. The van der Waals surface area contributed by atoms with Gasteiger partial charge in [-0.2, -0.15) is 0 Å². The number of nitrogens with one attached hydrogen (secondary N) is 1. The lowest BCUT2D eigenvalue weighted by molar-refractivity contribution is -0.135. The minimum atomic E-state index is -0.620. The summed E-state index contributed by atoms with van der Waals surface area (Å²) in [6, 6.07) is 6.65. The fourth-order valence-corrected chi connectivity index (χ4v) is 2.65. The molecule has 1 aliphatic carbocycles. The molecule has 4 nitrogen and oxygen atoms in total. The van der Waals surface area contributed by atoms with Crippen molar-refractivity contribution in [2.24, 2.45) is 5.92 Å². The highest BCUT2D eigenvalue weighted by atomic mass is 16.2. The van der Waals surface area contributed by atoms with Crippen LogP contribution in [0.2, 0.25) is 0 Å². The molecule has 20 heavy (non-hydrogen) atoms. The molecule has 0 radical (unpaired) electrons. The molecule has 1 saturated carbocycles. The molecule has 106 valence electrons. The lowest BCUT2D eigenvalue weighted by Crippen LogP contribution is -2.26. The average Bonchev–Trinajstić information content (AvgIpc) is 2.48. The van der Waals surface area contributed by atoms with E-state index in [-0.39, 0.29) is 0 Å². The van der Waals surface area contributed by atoms with E-state index >= 15 is 0 Å². The maximum absolute atomic E-state index is 11.9. The lowest BCUT2D eigenvalue weighted by Gasteiger charge is -2.20. The van der Waals surface area contributed by atoms with Crippen molar-refractivity contribution >= 4 is 23.7 Å². The molecule has 1 amide bonds. The number of para-hydroxylation sites is 1. The van der Waals surface area contributed by atoms with E-state index in [0.717, 1.165) is 25.7 Å². The van der Waals surface area contributed by atoms with Gasteiger partial charge in [-0.3, -0.25) is 14.4 Å². The molecule has 0 bridgehead atoms. The van der Waals surface area contributed by atoms with Crippen LogP contribution in [0.5, 0.6) is 0 Å². The number of rotatable bonds is 5. The molecule has 0 heterocycles. The highest BCUT2D eigenvalue weighted by molar-refractivity contribution is 6.40. The van der Waals surface area contributed by atoms with Crippen molar-refractivity contribution < 1.29 is 14.4 Å². The van der Waals surface area contributed by atoms with Crippen LogP contribution in [0.25, 0.3) is 0 Å². The Morgan fingerprint density at radius 3 is 2.55 bits per heavy atom. The molecule has 0 spiro atoms. The zero-order chi connectivity index (χ0) is 14.4. The number of Topliss-reactive ketones (excluding diaryl/α,β-unsaturated/α-hetero) is 1. The first-order valence-corrected chi connectivity index (χ1v) is 7.09. The summed E-state index contributed by atoms with van der Waals surface area (Å²) in [6.45, 7) is 0. The molecule has 0 aliphatic heterocycles. The Bertz CT molecular complexity index is 504. The Labute approximate surface area is 118 Å². The maximum Gasteiger partial charge on any atom is 0.291 e. The Hall–Kier alpha value is -1.97. The van der Waals surface area contributed by atoms with Crippen LogP contribution in [-0.4, -0.2) is 18.0 Å². The summed E-state index contributed by atoms with van der Waals surface area (Å²) in [5.74, 6) is -0.675. The topological polar surface area (TPSA) is 63.2 Å². The number of anilines is 1. The normalized spacial score (nSPS) is 15.6. The van der Waals surface area contributed by atoms with Gasteiger partial charge in [0.15, 0.2) is 6.29 Å². The Balaban J connectivity index is 1.93. The van der Waals surface area contributed by atoms with Gasteiger partial charge in [0.2, 0.25) is 5.78 Å². The van der Waals surface area contributed by atoms with Gasteiger partial charge in [0, 0.05) is 12.0 Å². The summed E-state index contributed by atoms with van der Waals surface area (Å²) in [7, 11) is 0. The van der Waals surface area contributed by atoms with E-state index in [1.165, 1.54) is 6.42 Å². The van der Waals surface area contributed by atoms with Crippen LogP contribution in [0.4, 0.5) is 5.69 Å². The van der Waals surface area contributed by atoms with E-state index in [1.54, 1.807) is 24.3 Å². The molecule has 2 rings (SSSR count). The largest absolute Gasteiger partial charge is 0.319 e. The van der Waals surface area contributed by atoms with Crippen LogP contribution in [-0.2, 0) is 9.59 Å². The van der Waals surface area contributed by atoms with Crippen molar-refractivity contribution in [3.63, 3.8) is 0 Å². The smallest absolute Gasteiger partial charge is 0.291 e. The van der Waals surface area contributed by atoms with Crippen molar-refractivity contribution in [2.45, 2.75) is 38.5 Å². The van der Waals surface area contributed by atoms with E-state index in [4.69, 9.17) is 0 Å². The van der Waals surface area contributed by atoms with E-state index in [0.29, 0.717) is 29.9 Å². The second-order valence-corrected chi connectivity index (χ2v) is 5.29. The van der Waals surface area contributed by atoms with Crippen LogP contribution >= 0.6 is 0 Å². The molecule has 4 heteroatoms.